The first kappa shape index (κ1) is 13.6. The van der Waals surface area contributed by atoms with Gasteiger partial charge in [-0.2, -0.15) is 0 Å². The van der Waals surface area contributed by atoms with Crippen molar-refractivity contribution < 1.29 is 5.11 Å². The molecule has 0 fully saturated rings. The van der Waals surface area contributed by atoms with E-state index in [4.69, 9.17) is 0 Å². The molecule has 0 atom stereocenters. The summed E-state index contributed by atoms with van der Waals surface area (Å²) in [5.74, 6) is 0. The van der Waals surface area contributed by atoms with E-state index in [-0.39, 0.29) is 6.61 Å². The van der Waals surface area contributed by atoms with Gasteiger partial charge in [0.05, 0.1) is 6.61 Å². The zero-order valence-corrected chi connectivity index (χ0v) is 12.1. The van der Waals surface area contributed by atoms with Gasteiger partial charge in [0.15, 0.2) is 0 Å². The molecule has 0 aliphatic carbocycles. The Kier molecular flexibility index (Phi) is 3.91. The molecule has 0 saturated heterocycles. The summed E-state index contributed by atoms with van der Waals surface area (Å²) < 4.78 is 0. The zero-order valence-electron chi connectivity index (χ0n) is 12.1. The minimum Gasteiger partial charge on any atom is -0.392 e. The second kappa shape index (κ2) is 5.45. The summed E-state index contributed by atoms with van der Waals surface area (Å²) in [5, 5.41) is 9.22. The number of aliphatic hydroxyl groups is 1. The fourth-order valence-electron chi connectivity index (χ4n) is 2.36. The van der Waals surface area contributed by atoms with Gasteiger partial charge in [-0.15, -0.1) is 0 Å². The minimum absolute atomic E-state index is 0.0966. The molecule has 1 N–H and O–H groups in total. The van der Waals surface area contributed by atoms with Crippen molar-refractivity contribution >= 4 is 11.4 Å². The van der Waals surface area contributed by atoms with Crippen molar-refractivity contribution in [3.8, 4) is 0 Å². The van der Waals surface area contributed by atoms with Gasteiger partial charge in [0.25, 0.3) is 0 Å². The van der Waals surface area contributed by atoms with E-state index >= 15 is 0 Å². The zero-order chi connectivity index (χ0) is 14.0. The molecule has 0 amide bonds. The first-order valence-corrected chi connectivity index (χ1v) is 6.53. The fourth-order valence-corrected chi connectivity index (χ4v) is 2.36. The summed E-state index contributed by atoms with van der Waals surface area (Å²) in [5.41, 5.74) is 6.97. The minimum atomic E-state index is 0.0966. The van der Waals surface area contributed by atoms with Crippen molar-refractivity contribution in [2.75, 3.05) is 11.9 Å². The Morgan fingerprint density at radius 3 is 2.05 bits per heavy atom. The van der Waals surface area contributed by atoms with Crippen LogP contribution in [0.4, 0.5) is 11.4 Å². The Hall–Kier alpha value is -1.80. The Bertz CT molecular complexity index is 570. The average Bonchev–Trinajstić information content (AvgIpc) is 2.36. The van der Waals surface area contributed by atoms with Gasteiger partial charge in [0, 0.05) is 18.4 Å². The van der Waals surface area contributed by atoms with E-state index in [1.807, 2.05) is 13.0 Å². The molecule has 0 radical (unpaired) electrons. The Morgan fingerprint density at radius 1 is 0.895 bits per heavy atom. The summed E-state index contributed by atoms with van der Waals surface area (Å²) >= 11 is 0. The second-order valence-corrected chi connectivity index (χ2v) is 5.17. The monoisotopic (exact) mass is 255 g/mol. The van der Waals surface area contributed by atoms with Crippen LogP contribution in [-0.2, 0) is 6.61 Å². The lowest BCUT2D eigenvalue weighted by Crippen LogP contribution is -2.10. The van der Waals surface area contributed by atoms with E-state index in [0.29, 0.717) is 0 Å². The van der Waals surface area contributed by atoms with E-state index in [2.05, 4.69) is 56.1 Å². The van der Waals surface area contributed by atoms with Crippen molar-refractivity contribution in [1.82, 2.24) is 0 Å². The van der Waals surface area contributed by atoms with Gasteiger partial charge < -0.3 is 10.0 Å². The van der Waals surface area contributed by atoms with Gasteiger partial charge in [-0.1, -0.05) is 12.1 Å². The van der Waals surface area contributed by atoms with Crippen LogP contribution in [-0.4, -0.2) is 12.2 Å². The van der Waals surface area contributed by atoms with Gasteiger partial charge >= 0.3 is 0 Å². The molecular formula is C17H21NO. The van der Waals surface area contributed by atoms with Crippen molar-refractivity contribution in [2.24, 2.45) is 0 Å². The number of hydrogen-bond acceptors (Lipinski definition) is 2. The molecule has 0 heterocycles. The van der Waals surface area contributed by atoms with Crippen LogP contribution in [0.25, 0.3) is 0 Å². The maximum absolute atomic E-state index is 9.22. The lowest BCUT2D eigenvalue weighted by atomic mass is 10.1. The van der Waals surface area contributed by atoms with Crippen LogP contribution in [0.15, 0.2) is 36.4 Å². The van der Waals surface area contributed by atoms with E-state index in [9.17, 15) is 5.11 Å². The molecule has 2 aromatic carbocycles. The quantitative estimate of drug-likeness (QED) is 0.900. The summed E-state index contributed by atoms with van der Waals surface area (Å²) in [6.07, 6.45) is 0. The smallest absolute Gasteiger partial charge is 0.0684 e. The first-order chi connectivity index (χ1) is 9.01. The molecule has 2 nitrogen and oxygen atoms in total. The standard InChI is InChI=1S/C17H21NO/c1-12-7-13(2)9-17(8-12)18(4)16-6-5-15(11-19)14(3)10-16/h5-10,19H,11H2,1-4H3. The summed E-state index contributed by atoms with van der Waals surface area (Å²) in [6.45, 7) is 6.36. The molecule has 0 saturated carbocycles. The summed E-state index contributed by atoms with van der Waals surface area (Å²) in [7, 11) is 2.07. The van der Waals surface area contributed by atoms with E-state index in [1.165, 1.54) is 16.8 Å². The number of rotatable bonds is 3. The lowest BCUT2D eigenvalue weighted by molar-refractivity contribution is 0.281. The van der Waals surface area contributed by atoms with Crippen LogP contribution in [0.3, 0.4) is 0 Å². The third-order valence-corrected chi connectivity index (χ3v) is 3.48. The van der Waals surface area contributed by atoms with E-state index in [1.54, 1.807) is 0 Å². The van der Waals surface area contributed by atoms with Crippen molar-refractivity contribution in [3.63, 3.8) is 0 Å². The predicted molar refractivity (Wildman–Crippen MR) is 81.1 cm³/mol. The average molecular weight is 255 g/mol. The van der Waals surface area contributed by atoms with Gasteiger partial charge in [-0.05, 0) is 67.3 Å². The highest BCUT2D eigenvalue weighted by molar-refractivity contribution is 5.65. The number of aryl methyl sites for hydroxylation is 3. The summed E-state index contributed by atoms with van der Waals surface area (Å²) in [6, 6.07) is 12.7. The summed E-state index contributed by atoms with van der Waals surface area (Å²) in [4.78, 5) is 2.17. The highest BCUT2D eigenvalue weighted by atomic mass is 16.3. The van der Waals surface area contributed by atoms with Gasteiger partial charge in [-0.25, -0.2) is 0 Å². The maximum atomic E-state index is 9.22. The largest absolute Gasteiger partial charge is 0.392 e. The van der Waals surface area contributed by atoms with Gasteiger partial charge in [-0.3, -0.25) is 0 Å². The third-order valence-electron chi connectivity index (χ3n) is 3.48. The first-order valence-electron chi connectivity index (χ1n) is 6.53. The van der Waals surface area contributed by atoms with Crippen molar-refractivity contribution in [3.05, 3.63) is 58.7 Å². The molecule has 2 rings (SSSR count). The van der Waals surface area contributed by atoms with Crippen LogP contribution in [0.1, 0.15) is 22.3 Å². The molecule has 100 valence electrons. The number of benzene rings is 2. The molecule has 0 unspecified atom stereocenters. The van der Waals surface area contributed by atoms with Crippen LogP contribution in [0.2, 0.25) is 0 Å². The number of nitrogens with zero attached hydrogens (tertiary/aromatic N) is 1. The van der Waals surface area contributed by atoms with Crippen LogP contribution in [0.5, 0.6) is 0 Å². The van der Waals surface area contributed by atoms with E-state index < -0.39 is 0 Å². The molecular weight excluding hydrogens is 234 g/mol. The van der Waals surface area contributed by atoms with Crippen LogP contribution in [0, 0.1) is 20.8 Å². The fraction of sp³-hybridized carbons (Fsp3) is 0.294. The Morgan fingerprint density at radius 2 is 1.53 bits per heavy atom. The molecule has 0 aliphatic rings. The molecule has 2 aromatic rings. The van der Waals surface area contributed by atoms with Crippen LogP contribution < -0.4 is 4.90 Å². The SMILES string of the molecule is Cc1cc(C)cc(N(C)c2ccc(CO)c(C)c2)c1. The van der Waals surface area contributed by atoms with E-state index in [0.717, 1.165) is 16.8 Å². The lowest BCUT2D eigenvalue weighted by Gasteiger charge is -2.21. The normalized spacial score (nSPS) is 10.6. The molecule has 0 aromatic heterocycles. The highest BCUT2D eigenvalue weighted by Gasteiger charge is 2.07. The third kappa shape index (κ3) is 2.96. The molecule has 2 heteroatoms. The van der Waals surface area contributed by atoms with Crippen molar-refractivity contribution in [2.45, 2.75) is 27.4 Å². The van der Waals surface area contributed by atoms with Crippen LogP contribution >= 0.6 is 0 Å². The van der Waals surface area contributed by atoms with Gasteiger partial charge in [0.1, 0.15) is 0 Å². The topological polar surface area (TPSA) is 23.5 Å². The van der Waals surface area contributed by atoms with Gasteiger partial charge in [0.2, 0.25) is 0 Å². The molecule has 0 aliphatic heterocycles. The maximum Gasteiger partial charge on any atom is 0.0684 e. The van der Waals surface area contributed by atoms with Crippen molar-refractivity contribution in [1.29, 1.82) is 0 Å². The highest BCUT2D eigenvalue weighted by Crippen LogP contribution is 2.27. The number of aliphatic hydroxyl groups excluding tert-OH is 1. The second-order valence-electron chi connectivity index (χ2n) is 5.17. The molecule has 19 heavy (non-hydrogen) atoms. The molecule has 0 spiro atoms. The number of anilines is 2. The number of hydrogen-bond donors (Lipinski definition) is 1. The predicted octanol–water partition coefficient (Wildman–Crippen LogP) is 3.87. The Labute approximate surface area is 115 Å². The Balaban J connectivity index is 2.38. The molecule has 0 bridgehead atoms.